The van der Waals surface area contributed by atoms with Crippen LogP contribution < -0.4 is 19.7 Å². The molecule has 0 aliphatic carbocycles. The van der Waals surface area contributed by atoms with Gasteiger partial charge in [-0.2, -0.15) is 0 Å². The van der Waals surface area contributed by atoms with Gasteiger partial charge < -0.3 is 9.47 Å². The van der Waals surface area contributed by atoms with Crippen LogP contribution in [-0.2, 0) is 16.0 Å². The summed E-state index contributed by atoms with van der Waals surface area (Å²) in [5, 5.41) is 2.24. The van der Waals surface area contributed by atoms with E-state index in [-0.39, 0.29) is 5.57 Å². The molecule has 1 N–H and O–H groups in total. The summed E-state index contributed by atoms with van der Waals surface area (Å²) in [5.74, 6) is -0.312. The number of urea groups is 1. The Hall–Kier alpha value is -2.88. The first-order valence-electron chi connectivity index (χ1n) is 9.90. The van der Waals surface area contributed by atoms with Crippen LogP contribution in [0.4, 0.5) is 10.5 Å². The molecule has 1 fully saturated rings. The number of carbonyl (C=O) groups is 3. The van der Waals surface area contributed by atoms with Crippen LogP contribution in [0.5, 0.6) is 11.5 Å². The highest BCUT2D eigenvalue weighted by molar-refractivity contribution is 14.1. The van der Waals surface area contributed by atoms with Gasteiger partial charge in [-0.15, -0.1) is 0 Å². The van der Waals surface area contributed by atoms with Crippen LogP contribution in [0.3, 0.4) is 0 Å². The third-order valence-corrected chi connectivity index (χ3v) is 5.52. The predicted octanol–water partition coefficient (Wildman–Crippen LogP) is 4.32. The van der Waals surface area contributed by atoms with E-state index in [1.165, 1.54) is 13.2 Å². The fourth-order valence-corrected chi connectivity index (χ4v) is 3.89. The third kappa shape index (κ3) is 4.90. The molecular weight excluding hydrogens is 511 g/mol. The molecular formula is C23H23IN2O5. The second kappa shape index (κ2) is 9.95. The van der Waals surface area contributed by atoms with Gasteiger partial charge in [-0.05, 0) is 76.9 Å². The standard InChI is InChI=1S/C23H23IN2O5/c1-4-10-31-20-18(24)12-15(13-19(20)30-3)11-17-21(27)25-23(29)26(22(17)28)16-8-6-14(5-2)7-9-16/h6-9,11-13H,4-5,10H2,1-3H3,(H,25,27,29)/b17-11+. The minimum absolute atomic E-state index is 0.140. The van der Waals surface area contributed by atoms with Crippen LogP contribution in [0, 0.1) is 3.57 Å². The van der Waals surface area contributed by atoms with E-state index in [1.54, 1.807) is 24.3 Å². The molecule has 0 unspecified atom stereocenters. The molecule has 3 rings (SSSR count). The van der Waals surface area contributed by atoms with E-state index in [9.17, 15) is 14.4 Å². The maximum Gasteiger partial charge on any atom is 0.335 e. The normalized spacial score (nSPS) is 15.3. The Kier molecular flexibility index (Phi) is 7.32. The number of methoxy groups -OCH3 is 1. The second-order valence-corrected chi connectivity index (χ2v) is 8.02. The van der Waals surface area contributed by atoms with Crippen molar-refractivity contribution in [1.29, 1.82) is 0 Å². The zero-order valence-electron chi connectivity index (χ0n) is 17.5. The first kappa shape index (κ1) is 22.8. The molecule has 4 amide bonds. The Morgan fingerprint density at radius 3 is 2.42 bits per heavy atom. The Morgan fingerprint density at radius 1 is 1.10 bits per heavy atom. The molecule has 31 heavy (non-hydrogen) atoms. The van der Waals surface area contributed by atoms with E-state index in [4.69, 9.17) is 9.47 Å². The topological polar surface area (TPSA) is 84.9 Å². The van der Waals surface area contributed by atoms with Crippen molar-refractivity contribution >= 4 is 52.2 Å². The second-order valence-electron chi connectivity index (χ2n) is 6.86. The number of ether oxygens (including phenoxy) is 2. The number of rotatable bonds is 7. The van der Waals surface area contributed by atoms with E-state index in [1.807, 2.05) is 26.0 Å². The largest absolute Gasteiger partial charge is 0.493 e. The van der Waals surface area contributed by atoms with Crippen LogP contribution in [0.25, 0.3) is 6.08 Å². The highest BCUT2D eigenvalue weighted by Gasteiger charge is 2.36. The molecule has 162 valence electrons. The van der Waals surface area contributed by atoms with Crippen molar-refractivity contribution in [2.24, 2.45) is 0 Å². The highest BCUT2D eigenvalue weighted by atomic mass is 127. The fourth-order valence-electron chi connectivity index (χ4n) is 3.11. The van der Waals surface area contributed by atoms with Gasteiger partial charge in [0.05, 0.1) is 23.0 Å². The number of aryl methyl sites for hydroxylation is 1. The Balaban J connectivity index is 1.98. The van der Waals surface area contributed by atoms with Crippen LogP contribution in [0.2, 0.25) is 0 Å². The van der Waals surface area contributed by atoms with E-state index < -0.39 is 17.8 Å². The molecule has 0 bridgehead atoms. The maximum absolute atomic E-state index is 13.1. The van der Waals surface area contributed by atoms with Gasteiger partial charge in [0.15, 0.2) is 11.5 Å². The summed E-state index contributed by atoms with van der Waals surface area (Å²) >= 11 is 2.12. The number of hydrogen-bond acceptors (Lipinski definition) is 5. The number of halogens is 1. The molecule has 0 radical (unpaired) electrons. The molecule has 0 spiro atoms. The SMILES string of the molecule is CCCOc1c(I)cc(/C=C2\C(=O)NC(=O)N(c3ccc(CC)cc3)C2=O)cc1OC. The summed E-state index contributed by atoms with van der Waals surface area (Å²) in [6.07, 6.45) is 3.14. The number of amides is 4. The lowest BCUT2D eigenvalue weighted by molar-refractivity contribution is -0.122. The number of hydrogen-bond donors (Lipinski definition) is 1. The van der Waals surface area contributed by atoms with Gasteiger partial charge in [0.1, 0.15) is 5.57 Å². The molecule has 2 aromatic carbocycles. The zero-order chi connectivity index (χ0) is 22.5. The molecule has 0 saturated carbocycles. The van der Waals surface area contributed by atoms with Crippen LogP contribution >= 0.6 is 22.6 Å². The van der Waals surface area contributed by atoms with Crippen molar-refractivity contribution < 1.29 is 23.9 Å². The lowest BCUT2D eigenvalue weighted by atomic mass is 10.1. The van der Waals surface area contributed by atoms with Gasteiger partial charge in [-0.25, -0.2) is 9.69 Å². The average molecular weight is 534 g/mol. The zero-order valence-corrected chi connectivity index (χ0v) is 19.7. The summed E-state index contributed by atoms with van der Waals surface area (Å²) in [4.78, 5) is 38.9. The number of nitrogens with one attached hydrogen (secondary N) is 1. The maximum atomic E-state index is 13.1. The number of barbiturate groups is 1. The highest BCUT2D eigenvalue weighted by Crippen LogP contribution is 2.35. The van der Waals surface area contributed by atoms with Gasteiger partial charge in [-0.3, -0.25) is 14.9 Å². The van der Waals surface area contributed by atoms with Crippen molar-refractivity contribution in [3.63, 3.8) is 0 Å². The molecule has 1 aliphatic heterocycles. The van der Waals surface area contributed by atoms with Gasteiger partial charge in [0.25, 0.3) is 11.8 Å². The Bertz CT molecular complexity index is 1050. The van der Waals surface area contributed by atoms with Crippen molar-refractivity contribution in [1.82, 2.24) is 5.32 Å². The van der Waals surface area contributed by atoms with E-state index in [2.05, 4.69) is 27.9 Å². The lowest BCUT2D eigenvalue weighted by Crippen LogP contribution is -2.54. The third-order valence-electron chi connectivity index (χ3n) is 4.72. The molecule has 8 heteroatoms. The number of nitrogens with zero attached hydrogens (tertiary/aromatic N) is 1. The van der Waals surface area contributed by atoms with E-state index in [0.29, 0.717) is 29.4 Å². The van der Waals surface area contributed by atoms with Gasteiger partial charge >= 0.3 is 6.03 Å². The molecule has 0 aromatic heterocycles. The quantitative estimate of drug-likeness (QED) is 0.325. The summed E-state index contributed by atoms with van der Waals surface area (Å²) in [7, 11) is 1.53. The summed E-state index contributed by atoms with van der Waals surface area (Å²) in [6.45, 7) is 4.57. The Morgan fingerprint density at radius 2 is 1.81 bits per heavy atom. The van der Waals surface area contributed by atoms with Crippen molar-refractivity contribution in [2.45, 2.75) is 26.7 Å². The first-order chi connectivity index (χ1) is 14.9. The Labute approximate surface area is 194 Å². The van der Waals surface area contributed by atoms with E-state index >= 15 is 0 Å². The van der Waals surface area contributed by atoms with Crippen molar-refractivity contribution in [2.75, 3.05) is 18.6 Å². The lowest BCUT2D eigenvalue weighted by Gasteiger charge is -2.26. The van der Waals surface area contributed by atoms with E-state index in [0.717, 1.165) is 26.9 Å². The fraction of sp³-hybridized carbons (Fsp3) is 0.261. The average Bonchev–Trinajstić information content (AvgIpc) is 2.76. The minimum atomic E-state index is -0.771. The molecule has 1 heterocycles. The number of benzene rings is 2. The number of carbonyl (C=O) groups excluding carboxylic acids is 3. The minimum Gasteiger partial charge on any atom is -0.493 e. The van der Waals surface area contributed by atoms with Gasteiger partial charge in [0, 0.05) is 0 Å². The van der Waals surface area contributed by atoms with Gasteiger partial charge in [-0.1, -0.05) is 26.0 Å². The van der Waals surface area contributed by atoms with Crippen molar-refractivity contribution in [3.8, 4) is 11.5 Å². The van der Waals surface area contributed by atoms with Gasteiger partial charge in [0.2, 0.25) is 0 Å². The molecule has 1 aliphatic rings. The summed E-state index contributed by atoms with van der Waals surface area (Å²) in [6, 6.07) is 9.78. The summed E-state index contributed by atoms with van der Waals surface area (Å²) in [5.41, 5.74) is 1.92. The molecule has 7 nitrogen and oxygen atoms in total. The van der Waals surface area contributed by atoms with Crippen molar-refractivity contribution in [3.05, 3.63) is 56.7 Å². The number of imide groups is 2. The number of anilines is 1. The first-order valence-corrected chi connectivity index (χ1v) is 11.0. The molecule has 2 aromatic rings. The predicted molar refractivity (Wildman–Crippen MR) is 126 cm³/mol. The molecule has 0 atom stereocenters. The monoisotopic (exact) mass is 534 g/mol. The summed E-state index contributed by atoms with van der Waals surface area (Å²) < 4.78 is 12.0. The molecule has 1 saturated heterocycles. The smallest absolute Gasteiger partial charge is 0.335 e. The van der Waals surface area contributed by atoms with Crippen LogP contribution in [-0.4, -0.2) is 31.6 Å². The van der Waals surface area contributed by atoms with Crippen LogP contribution in [0.1, 0.15) is 31.4 Å². The van der Waals surface area contributed by atoms with Crippen LogP contribution in [0.15, 0.2) is 42.0 Å².